The van der Waals surface area contributed by atoms with Gasteiger partial charge in [-0.25, -0.2) is 0 Å². The molecule has 1 saturated heterocycles. The number of rotatable bonds is 5. The summed E-state index contributed by atoms with van der Waals surface area (Å²) < 4.78 is 10.9. The van der Waals surface area contributed by atoms with Crippen molar-refractivity contribution in [3.8, 4) is 0 Å². The summed E-state index contributed by atoms with van der Waals surface area (Å²) in [6, 6.07) is 8.05. The van der Waals surface area contributed by atoms with E-state index in [1.165, 1.54) is 4.90 Å². The second kappa shape index (κ2) is 7.14. The first-order valence-corrected chi connectivity index (χ1v) is 7.57. The fourth-order valence-corrected chi connectivity index (χ4v) is 2.40. The zero-order chi connectivity index (χ0) is 12.8. The Hall–Kier alpha value is -0.550. The number of thioether (sulfide) groups is 1. The maximum atomic E-state index is 10.1. The first-order chi connectivity index (χ1) is 8.79. The Kier molecular flexibility index (Phi) is 5.50. The van der Waals surface area contributed by atoms with E-state index >= 15 is 0 Å². The summed E-state index contributed by atoms with van der Waals surface area (Å²) in [5.41, 5.74) is 0.962. The normalized spacial score (nSPS) is 18.8. The Labute approximate surface area is 112 Å². The van der Waals surface area contributed by atoms with Crippen LogP contribution >= 0.6 is 11.8 Å². The second-order valence-corrected chi connectivity index (χ2v) is 5.27. The smallest absolute Gasteiger partial charge is 0.157 e. The number of ether oxygens (including phenoxy) is 2. The van der Waals surface area contributed by atoms with Crippen LogP contribution in [0.3, 0.4) is 0 Å². The quantitative estimate of drug-likeness (QED) is 0.833. The van der Waals surface area contributed by atoms with Gasteiger partial charge in [-0.2, -0.15) is 0 Å². The van der Waals surface area contributed by atoms with Crippen LogP contribution in [0, 0.1) is 0 Å². The maximum Gasteiger partial charge on any atom is 0.157 e. The van der Waals surface area contributed by atoms with Crippen molar-refractivity contribution in [3.63, 3.8) is 0 Å². The lowest BCUT2D eigenvalue weighted by molar-refractivity contribution is -0.183. The average molecular weight is 268 g/mol. The van der Waals surface area contributed by atoms with Gasteiger partial charge < -0.3 is 14.6 Å². The zero-order valence-corrected chi connectivity index (χ0v) is 11.5. The molecule has 1 heterocycles. The Bertz CT molecular complexity index is 347. The molecule has 0 radical (unpaired) electrons. The van der Waals surface area contributed by atoms with Crippen molar-refractivity contribution < 1.29 is 14.6 Å². The molecular formula is C14H20O3S. The SMILES string of the molecule is CSc1ccc(C(O)CCC2OCCCO2)cc1. The van der Waals surface area contributed by atoms with E-state index in [1.54, 1.807) is 11.8 Å². The summed E-state index contributed by atoms with van der Waals surface area (Å²) in [5, 5.41) is 10.1. The molecule has 1 aliphatic heterocycles. The van der Waals surface area contributed by atoms with Crippen LogP contribution in [0.25, 0.3) is 0 Å². The third-order valence-electron chi connectivity index (χ3n) is 3.07. The molecule has 100 valence electrons. The van der Waals surface area contributed by atoms with E-state index in [0.29, 0.717) is 6.42 Å². The highest BCUT2D eigenvalue weighted by molar-refractivity contribution is 7.98. The summed E-state index contributed by atoms with van der Waals surface area (Å²) >= 11 is 1.70. The number of benzene rings is 1. The fraction of sp³-hybridized carbons (Fsp3) is 0.571. The van der Waals surface area contributed by atoms with Crippen LogP contribution in [0.15, 0.2) is 29.2 Å². The molecule has 4 heteroatoms. The fourth-order valence-electron chi connectivity index (χ4n) is 1.99. The van der Waals surface area contributed by atoms with Gasteiger partial charge in [-0.15, -0.1) is 11.8 Å². The molecule has 0 aromatic heterocycles. The third-order valence-corrected chi connectivity index (χ3v) is 3.82. The Morgan fingerprint density at radius 2 is 1.94 bits per heavy atom. The van der Waals surface area contributed by atoms with Crippen LogP contribution in [-0.4, -0.2) is 30.9 Å². The van der Waals surface area contributed by atoms with Gasteiger partial charge in [-0.3, -0.25) is 0 Å². The van der Waals surface area contributed by atoms with Gasteiger partial charge in [-0.05, 0) is 36.8 Å². The summed E-state index contributed by atoms with van der Waals surface area (Å²) in [6.07, 6.45) is 3.85. The van der Waals surface area contributed by atoms with E-state index < -0.39 is 6.10 Å². The van der Waals surface area contributed by atoms with Crippen molar-refractivity contribution in [3.05, 3.63) is 29.8 Å². The molecule has 1 aromatic rings. The number of aliphatic hydroxyl groups is 1. The highest BCUT2D eigenvalue weighted by Crippen LogP contribution is 2.23. The van der Waals surface area contributed by atoms with Crippen molar-refractivity contribution >= 4 is 11.8 Å². The Morgan fingerprint density at radius 1 is 1.28 bits per heavy atom. The highest BCUT2D eigenvalue weighted by Gasteiger charge is 2.16. The first kappa shape index (κ1) is 13.9. The first-order valence-electron chi connectivity index (χ1n) is 6.35. The molecule has 1 unspecified atom stereocenters. The number of aliphatic hydroxyl groups excluding tert-OH is 1. The minimum atomic E-state index is -0.435. The zero-order valence-electron chi connectivity index (χ0n) is 10.7. The number of hydrogen-bond donors (Lipinski definition) is 1. The van der Waals surface area contributed by atoms with Crippen LogP contribution in [0.5, 0.6) is 0 Å². The monoisotopic (exact) mass is 268 g/mol. The van der Waals surface area contributed by atoms with Gasteiger partial charge >= 0.3 is 0 Å². The van der Waals surface area contributed by atoms with E-state index in [1.807, 2.05) is 30.5 Å². The molecule has 1 aromatic carbocycles. The molecule has 0 saturated carbocycles. The van der Waals surface area contributed by atoms with Crippen LogP contribution < -0.4 is 0 Å². The van der Waals surface area contributed by atoms with Crippen molar-refractivity contribution in [1.29, 1.82) is 0 Å². The molecule has 1 atom stereocenters. The van der Waals surface area contributed by atoms with E-state index in [4.69, 9.17) is 9.47 Å². The van der Waals surface area contributed by atoms with E-state index in [0.717, 1.165) is 31.6 Å². The molecule has 1 N–H and O–H groups in total. The van der Waals surface area contributed by atoms with Crippen LogP contribution in [0.4, 0.5) is 0 Å². The van der Waals surface area contributed by atoms with Crippen molar-refractivity contribution in [2.24, 2.45) is 0 Å². The molecule has 3 nitrogen and oxygen atoms in total. The van der Waals surface area contributed by atoms with Crippen molar-refractivity contribution in [2.75, 3.05) is 19.5 Å². The summed E-state index contributed by atoms with van der Waals surface area (Å²) in [4.78, 5) is 1.21. The van der Waals surface area contributed by atoms with Gasteiger partial charge in [0.2, 0.25) is 0 Å². The van der Waals surface area contributed by atoms with E-state index in [-0.39, 0.29) is 6.29 Å². The molecule has 1 fully saturated rings. The van der Waals surface area contributed by atoms with Gasteiger partial charge in [0.15, 0.2) is 6.29 Å². The lowest BCUT2D eigenvalue weighted by Crippen LogP contribution is -2.25. The van der Waals surface area contributed by atoms with Gasteiger partial charge in [0.1, 0.15) is 0 Å². The molecule has 0 bridgehead atoms. The Balaban J connectivity index is 1.80. The lowest BCUT2D eigenvalue weighted by atomic mass is 10.0. The molecule has 1 aliphatic rings. The third kappa shape index (κ3) is 3.99. The average Bonchev–Trinajstić information content (AvgIpc) is 2.46. The maximum absolute atomic E-state index is 10.1. The van der Waals surface area contributed by atoms with Crippen LogP contribution in [0.1, 0.15) is 30.9 Å². The van der Waals surface area contributed by atoms with Gasteiger partial charge in [-0.1, -0.05) is 12.1 Å². The van der Waals surface area contributed by atoms with E-state index in [2.05, 4.69) is 0 Å². The van der Waals surface area contributed by atoms with Gasteiger partial charge in [0, 0.05) is 11.3 Å². The van der Waals surface area contributed by atoms with E-state index in [9.17, 15) is 5.11 Å². The summed E-state index contributed by atoms with van der Waals surface area (Å²) in [5.74, 6) is 0. The van der Waals surface area contributed by atoms with Crippen LogP contribution in [-0.2, 0) is 9.47 Å². The van der Waals surface area contributed by atoms with Gasteiger partial charge in [0.05, 0.1) is 19.3 Å². The molecule has 0 aliphatic carbocycles. The predicted molar refractivity (Wildman–Crippen MR) is 72.7 cm³/mol. The topological polar surface area (TPSA) is 38.7 Å². The minimum Gasteiger partial charge on any atom is -0.388 e. The van der Waals surface area contributed by atoms with Crippen molar-refractivity contribution in [1.82, 2.24) is 0 Å². The highest BCUT2D eigenvalue weighted by atomic mass is 32.2. The van der Waals surface area contributed by atoms with Crippen LogP contribution in [0.2, 0.25) is 0 Å². The number of hydrogen-bond acceptors (Lipinski definition) is 4. The summed E-state index contributed by atoms with van der Waals surface area (Å²) in [6.45, 7) is 1.53. The molecular weight excluding hydrogens is 248 g/mol. The molecule has 0 spiro atoms. The molecule has 18 heavy (non-hydrogen) atoms. The van der Waals surface area contributed by atoms with Gasteiger partial charge in [0.25, 0.3) is 0 Å². The molecule has 0 amide bonds. The predicted octanol–water partition coefficient (Wildman–Crippen LogP) is 2.99. The summed E-state index contributed by atoms with van der Waals surface area (Å²) in [7, 11) is 0. The lowest BCUT2D eigenvalue weighted by Gasteiger charge is -2.24. The van der Waals surface area contributed by atoms with Crippen molar-refractivity contribution in [2.45, 2.75) is 36.6 Å². The minimum absolute atomic E-state index is 0.140. The molecule has 2 rings (SSSR count). The standard InChI is InChI=1S/C14H20O3S/c1-18-12-5-3-11(4-6-12)13(15)7-8-14-16-9-2-10-17-14/h3-6,13-15H,2,7-10H2,1H3. The Morgan fingerprint density at radius 3 is 2.56 bits per heavy atom. The second-order valence-electron chi connectivity index (χ2n) is 4.39. The largest absolute Gasteiger partial charge is 0.388 e.